The smallest absolute Gasteiger partial charge is 0.271 e. The van der Waals surface area contributed by atoms with Crippen LogP contribution in [0.25, 0.3) is 6.08 Å². The number of nitrogens with zero attached hydrogens (tertiary/aromatic N) is 2. The summed E-state index contributed by atoms with van der Waals surface area (Å²) in [6, 6.07) is 15.9. The number of hydrogen-bond acceptors (Lipinski definition) is 5. The fourth-order valence-corrected chi connectivity index (χ4v) is 4.04. The van der Waals surface area contributed by atoms with E-state index in [4.69, 9.17) is 4.74 Å². The summed E-state index contributed by atoms with van der Waals surface area (Å²) in [5.41, 5.74) is 1.58. The Balaban J connectivity index is 1.75. The second-order valence-corrected chi connectivity index (χ2v) is 7.77. The Morgan fingerprint density at radius 1 is 1.03 bits per heavy atom. The van der Waals surface area contributed by atoms with Gasteiger partial charge in [0.15, 0.2) is 16.7 Å². The van der Waals surface area contributed by atoms with Gasteiger partial charge in [0.1, 0.15) is 11.6 Å². The van der Waals surface area contributed by atoms with Crippen LogP contribution >= 0.6 is 11.8 Å². The van der Waals surface area contributed by atoms with Crippen LogP contribution in [0.3, 0.4) is 0 Å². The van der Waals surface area contributed by atoms with E-state index in [1.807, 2.05) is 0 Å². The highest BCUT2D eigenvalue weighted by atomic mass is 32.2. The molecule has 0 saturated carbocycles. The lowest BCUT2D eigenvalue weighted by molar-refractivity contribution is -0.113. The van der Waals surface area contributed by atoms with Gasteiger partial charge in [0, 0.05) is 0 Å². The number of benzene rings is 3. The number of carbonyl (C=O) groups excluding carboxylic acids is 1. The molecule has 0 aromatic heterocycles. The molecule has 8 heteroatoms. The van der Waals surface area contributed by atoms with Crippen molar-refractivity contribution in [3.05, 3.63) is 88.8 Å². The SMILES string of the molecule is CCOc1cc(/C=C2/SC(=Nc3ccc(F)cc3)N(c3ccc(F)cc3)C2=O)ccc1O. The summed E-state index contributed by atoms with van der Waals surface area (Å²) in [4.78, 5) is 19.5. The van der Waals surface area contributed by atoms with E-state index < -0.39 is 11.6 Å². The monoisotopic (exact) mass is 452 g/mol. The molecule has 0 radical (unpaired) electrons. The third-order valence-corrected chi connectivity index (χ3v) is 5.49. The second kappa shape index (κ2) is 9.23. The average Bonchev–Trinajstić information content (AvgIpc) is 3.07. The van der Waals surface area contributed by atoms with Crippen LogP contribution in [-0.2, 0) is 4.79 Å². The Kier molecular flexibility index (Phi) is 6.23. The number of aliphatic imine (C=N–C) groups is 1. The number of anilines is 1. The molecule has 1 aliphatic rings. The predicted octanol–water partition coefficient (Wildman–Crippen LogP) is 5.88. The number of thioether (sulfide) groups is 1. The van der Waals surface area contributed by atoms with Crippen molar-refractivity contribution in [2.24, 2.45) is 4.99 Å². The first kappa shape index (κ1) is 21.6. The number of rotatable bonds is 5. The molecule has 3 aromatic carbocycles. The van der Waals surface area contributed by atoms with Gasteiger partial charge in [-0.3, -0.25) is 9.69 Å². The van der Waals surface area contributed by atoms with Gasteiger partial charge in [0.2, 0.25) is 0 Å². The van der Waals surface area contributed by atoms with Crippen LogP contribution in [0.15, 0.2) is 76.6 Å². The molecule has 0 aliphatic carbocycles. The number of amidine groups is 1. The van der Waals surface area contributed by atoms with Crippen LogP contribution in [0.4, 0.5) is 20.2 Å². The van der Waals surface area contributed by atoms with E-state index in [2.05, 4.69) is 4.99 Å². The molecule has 32 heavy (non-hydrogen) atoms. The Labute approximate surface area is 187 Å². The van der Waals surface area contributed by atoms with Gasteiger partial charge in [0.05, 0.1) is 22.9 Å². The molecular formula is C24H18F2N2O3S. The maximum atomic E-state index is 13.4. The van der Waals surface area contributed by atoms with E-state index in [0.717, 1.165) is 11.8 Å². The number of aromatic hydroxyl groups is 1. The topological polar surface area (TPSA) is 62.1 Å². The predicted molar refractivity (Wildman–Crippen MR) is 122 cm³/mol. The summed E-state index contributed by atoms with van der Waals surface area (Å²) in [7, 11) is 0. The summed E-state index contributed by atoms with van der Waals surface area (Å²) < 4.78 is 32.1. The van der Waals surface area contributed by atoms with Gasteiger partial charge < -0.3 is 9.84 Å². The lowest BCUT2D eigenvalue weighted by Gasteiger charge is -2.15. The molecule has 1 heterocycles. The van der Waals surface area contributed by atoms with Gasteiger partial charge in [-0.2, -0.15) is 0 Å². The zero-order valence-electron chi connectivity index (χ0n) is 17.0. The molecule has 0 bridgehead atoms. The summed E-state index contributed by atoms with van der Waals surface area (Å²) >= 11 is 1.14. The number of carbonyl (C=O) groups is 1. The highest BCUT2D eigenvalue weighted by Crippen LogP contribution is 2.38. The number of ether oxygens (including phenoxy) is 1. The minimum Gasteiger partial charge on any atom is -0.504 e. The average molecular weight is 452 g/mol. The zero-order valence-corrected chi connectivity index (χ0v) is 17.8. The number of hydrogen-bond donors (Lipinski definition) is 1. The maximum absolute atomic E-state index is 13.4. The van der Waals surface area contributed by atoms with E-state index in [1.165, 1.54) is 59.5 Å². The lowest BCUT2D eigenvalue weighted by Crippen LogP contribution is -2.28. The molecule has 0 spiro atoms. The summed E-state index contributed by atoms with van der Waals surface area (Å²) in [5, 5.41) is 10.3. The van der Waals surface area contributed by atoms with Crippen molar-refractivity contribution in [3.63, 3.8) is 0 Å². The molecule has 4 rings (SSSR count). The highest BCUT2D eigenvalue weighted by Gasteiger charge is 2.34. The van der Waals surface area contributed by atoms with Gasteiger partial charge in [-0.15, -0.1) is 0 Å². The van der Waals surface area contributed by atoms with Crippen molar-refractivity contribution in [2.45, 2.75) is 6.92 Å². The van der Waals surface area contributed by atoms with E-state index in [1.54, 1.807) is 25.1 Å². The Morgan fingerprint density at radius 2 is 1.69 bits per heavy atom. The van der Waals surface area contributed by atoms with Crippen LogP contribution in [0.1, 0.15) is 12.5 Å². The van der Waals surface area contributed by atoms with Crippen molar-refractivity contribution >= 4 is 40.3 Å². The van der Waals surface area contributed by atoms with E-state index >= 15 is 0 Å². The third-order valence-electron chi connectivity index (χ3n) is 4.52. The fraction of sp³-hybridized carbons (Fsp3) is 0.0833. The summed E-state index contributed by atoms with van der Waals surface area (Å²) in [6.45, 7) is 2.19. The van der Waals surface area contributed by atoms with Gasteiger partial charge >= 0.3 is 0 Å². The lowest BCUT2D eigenvalue weighted by atomic mass is 10.2. The first-order valence-corrected chi connectivity index (χ1v) is 10.6. The van der Waals surface area contributed by atoms with Crippen LogP contribution in [-0.4, -0.2) is 22.8 Å². The molecule has 1 N–H and O–H groups in total. The van der Waals surface area contributed by atoms with Crippen LogP contribution in [0.5, 0.6) is 11.5 Å². The minimum atomic E-state index is -0.423. The molecule has 5 nitrogen and oxygen atoms in total. The quantitative estimate of drug-likeness (QED) is 0.491. The van der Waals surface area contributed by atoms with Crippen LogP contribution < -0.4 is 9.64 Å². The molecule has 162 valence electrons. The third kappa shape index (κ3) is 4.65. The molecule has 1 amide bonds. The van der Waals surface area contributed by atoms with Crippen LogP contribution in [0.2, 0.25) is 0 Å². The van der Waals surface area contributed by atoms with E-state index in [9.17, 15) is 18.7 Å². The molecule has 0 atom stereocenters. The number of phenols is 1. The highest BCUT2D eigenvalue weighted by molar-refractivity contribution is 8.19. The number of halogens is 2. The first-order chi connectivity index (χ1) is 15.4. The van der Waals surface area contributed by atoms with E-state index in [-0.39, 0.29) is 11.7 Å². The molecule has 0 unspecified atom stereocenters. The molecule has 1 aliphatic heterocycles. The van der Waals surface area contributed by atoms with Gasteiger partial charge in [-0.1, -0.05) is 6.07 Å². The fourth-order valence-electron chi connectivity index (χ4n) is 3.04. The largest absolute Gasteiger partial charge is 0.504 e. The molecule has 1 saturated heterocycles. The summed E-state index contributed by atoms with van der Waals surface area (Å²) in [5.74, 6) is -0.835. The standard InChI is InChI=1S/C24H18F2N2O3S/c1-2-31-21-13-15(3-12-20(21)29)14-22-23(30)28(19-10-6-17(26)7-11-19)24(32-22)27-18-8-4-16(25)5-9-18/h3-14,29H,2H2,1H3/b22-14+,27-24?. The van der Waals surface area contributed by atoms with E-state index in [0.29, 0.717) is 39.4 Å². The van der Waals surface area contributed by atoms with Crippen molar-refractivity contribution in [3.8, 4) is 11.5 Å². The van der Waals surface area contributed by atoms with Gasteiger partial charge in [0.25, 0.3) is 5.91 Å². The normalized spacial score (nSPS) is 16.2. The molecule has 1 fully saturated rings. The van der Waals surface area contributed by atoms with Crippen molar-refractivity contribution in [2.75, 3.05) is 11.5 Å². The van der Waals surface area contributed by atoms with Crippen LogP contribution in [0, 0.1) is 11.6 Å². The Bertz CT molecular complexity index is 1210. The number of amides is 1. The van der Waals surface area contributed by atoms with Crippen molar-refractivity contribution < 1.29 is 23.4 Å². The van der Waals surface area contributed by atoms with Crippen molar-refractivity contribution in [1.29, 1.82) is 0 Å². The minimum absolute atomic E-state index is 0.00546. The Morgan fingerprint density at radius 3 is 2.34 bits per heavy atom. The number of phenolic OH excluding ortho intramolecular Hbond substituents is 1. The zero-order chi connectivity index (χ0) is 22.7. The van der Waals surface area contributed by atoms with Gasteiger partial charge in [-0.05, 0) is 91.0 Å². The summed E-state index contributed by atoms with van der Waals surface area (Å²) in [6.07, 6.45) is 1.67. The van der Waals surface area contributed by atoms with Crippen molar-refractivity contribution in [1.82, 2.24) is 0 Å². The maximum Gasteiger partial charge on any atom is 0.271 e. The first-order valence-electron chi connectivity index (χ1n) is 9.74. The molecular weight excluding hydrogens is 434 g/mol. The van der Waals surface area contributed by atoms with Gasteiger partial charge in [-0.25, -0.2) is 13.8 Å². The second-order valence-electron chi connectivity index (χ2n) is 6.76. The Hall–Kier alpha value is -3.65. The molecule has 3 aromatic rings.